The molecule has 0 bridgehead atoms. The third kappa shape index (κ3) is 4.08. The van der Waals surface area contributed by atoms with E-state index in [0.29, 0.717) is 21.9 Å². The van der Waals surface area contributed by atoms with Crippen molar-refractivity contribution in [3.8, 4) is 0 Å². The number of carbonyl (C=O) groups excluding carboxylic acids is 1. The van der Waals surface area contributed by atoms with E-state index in [1.807, 2.05) is 34.6 Å². The molecule has 130 valence electrons. The number of fused-ring (bicyclic) bond motifs is 1. The van der Waals surface area contributed by atoms with Crippen LogP contribution in [0.1, 0.15) is 31.2 Å². The summed E-state index contributed by atoms with van der Waals surface area (Å²) in [6.07, 6.45) is 1.65. The number of rotatable bonds is 5. The summed E-state index contributed by atoms with van der Waals surface area (Å²) in [5.74, 6) is -0.221. The third-order valence-electron chi connectivity index (χ3n) is 3.30. The maximum absolute atomic E-state index is 12.8. The van der Waals surface area contributed by atoms with E-state index in [4.69, 9.17) is 4.74 Å². The standard InChI is InChI=1S/C17H22N2O3S2/c1-7-8-19-15(21)13-10(2)11(3)24-14(13)18-16(19)23-9-12(20)22-17(4,5)6/h7H,1,8-9H2,2-6H3. The largest absolute Gasteiger partial charge is 0.459 e. The van der Waals surface area contributed by atoms with Gasteiger partial charge in [0.05, 0.1) is 11.1 Å². The molecule has 2 aromatic heterocycles. The number of ether oxygens (including phenoxy) is 1. The minimum atomic E-state index is -0.530. The van der Waals surface area contributed by atoms with Gasteiger partial charge in [0.15, 0.2) is 5.16 Å². The molecule has 24 heavy (non-hydrogen) atoms. The Morgan fingerprint density at radius 1 is 1.42 bits per heavy atom. The lowest BCUT2D eigenvalue weighted by Crippen LogP contribution is -2.26. The SMILES string of the molecule is C=CCn1c(SCC(=O)OC(C)(C)C)nc2sc(C)c(C)c2c1=O. The van der Waals surface area contributed by atoms with Gasteiger partial charge in [-0.3, -0.25) is 14.2 Å². The highest BCUT2D eigenvalue weighted by Crippen LogP contribution is 2.28. The lowest BCUT2D eigenvalue weighted by Gasteiger charge is -2.19. The Morgan fingerprint density at radius 2 is 2.08 bits per heavy atom. The molecule has 0 aliphatic heterocycles. The molecule has 0 spiro atoms. The van der Waals surface area contributed by atoms with Crippen molar-refractivity contribution >= 4 is 39.3 Å². The molecule has 0 aliphatic rings. The average Bonchev–Trinajstić information content (AvgIpc) is 2.73. The summed E-state index contributed by atoms with van der Waals surface area (Å²) in [6, 6.07) is 0. The zero-order valence-electron chi connectivity index (χ0n) is 14.6. The first-order chi connectivity index (χ1) is 11.1. The van der Waals surface area contributed by atoms with Crippen LogP contribution >= 0.6 is 23.1 Å². The number of thiophene rings is 1. The van der Waals surface area contributed by atoms with E-state index < -0.39 is 5.60 Å². The summed E-state index contributed by atoms with van der Waals surface area (Å²) in [5, 5.41) is 1.17. The summed E-state index contributed by atoms with van der Waals surface area (Å²) in [4.78, 5) is 31.1. The van der Waals surface area contributed by atoms with Gasteiger partial charge in [-0.2, -0.15) is 0 Å². The van der Waals surface area contributed by atoms with Crippen molar-refractivity contribution < 1.29 is 9.53 Å². The lowest BCUT2D eigenvalue weighted by molar-refractivity contribution is -0.151. The fourth-order valence-electron chi connectivity index (χ4n) is 2.20. The molecule has 7 heteroatoms. The van der Waals surface area contributed by atoms with Crippen LogP contribution in [0.3, 0.4) is 0 Å². The Morgan fingerprint density at radius 3 is 2.67 bits per heavy atom. The number of carbonyl (C=O) groups is 1. The second-order valence-corrected chi connectivity index (χ2v) is 8.58. The van der Waals surface area contributed by atoms with Crippen molar-refractivity contribution in [2.75, 3.05) is 5.75 Å². The number of thioether (sulfide) groups is 1. The predicted octanol–water partition coefficient (Wildman–Crippen LogP) is 3.69. The Labute approximate surface area is 149 Å². The van der Waals surface area contributed by atoms with Gasteiger partial charge in [0.25, 0.3) is 5.56 Å². The molecule has 0 unspecified atom stereocenters. The first kappa shape index (κ1) is 18.7. The molecule has 0 atom stereocenters. The number of hydrogen-bond donors (Lipinski definition) is 0. The van der Waals surface area contributed by atoms with Crippen LogP contribution in [-0.2, 0) is 16.1 Å². The molecule has 5 nitrogen and oxygen atoms in total. The topological polar surface area (TPSA) is 61.2 Å². The molecule has 2 aromatic rings. The van der Waals surface area contributed by atoms with E-state index in [1.54, 1.807) is 10.6 Å². The second-order valence-electron chi connectivity index (χ2n) is 6.44. The monoisotopic (exact) mass is 366 g/mol. The summed E-state index contributed by atoms with van der Waals surface area (Å²) in [5.41, 5.74) is 0.347. The molecule has 0 saturated carbocycles. The fraction of sp³-hybridized carbons (Fsp3) is 0.471. The molecular formula is C17H22N2O3S2. The smallest absolute Gasteiger partial charge is 0.316 e. The highest BCUT2D eigenvalue weighted by atomic mass is 32.2. The van der Waals surface area contributed by atoms with Crippen LogP contribution in [0.15, 0.2) is 22.6 Å². The maximum atomic E-state index is 12.8. The van der Waals surface area contributed by atoms with E-state index >= 15 is 0 Å². The van der Waals surface area contributed by atoms with E-state index in [1.165, 1.54) is 23.1 Å². The van der Waals surface area contributed by atoms with Crippen LogP contribution in [0.5, 0.6) is 0 Å². The summed E-state index contributed by atoms with van der Waals surface area (Å²) in [6.45, 7) is 13.4. The summed E-state index contributed by atoms with van der Waals surface area (Å²) in [7, 11) is 0. The lowest BCUT2D eigenvalue weighted by atomic mass is 10.2. The molecule has 2 heterocycles. The summed E-state index contributed by atoms with van der Waals surface area (Å²) < 4.78 is 6.87. The third-order valence-corrected chi connectivity index (χ3v) is 5.36. The molecule has 0 fully saturated rings. The highest BCUT2D eigenvalue weighted by molar-refractivity contribution is 7.99. The van der Waals surface area contributed by atoms with Gasteiger partial charge in [-0.15, -0.1) is 17.9 Å². The molecule has 0 amide bonds. The van der Waals surface area contributed by atoms with Crippen molar-refractivity contribution in [2.45, 2.75) is 51.9 Å². The number of esters is 1. The zero-order valence-corrected chi connectivity index (χ0v) is 16.3. The fourth-order valence-corrected chi connectivity index (χ4v) is 4.06. The number of aryl methyl sites for hydroxylation is 2. The van der Waals surface area contributed by atoms with Crippen LogP contribution in [0.25, 0.3) is 10.2 Å². The summed E-state index contributed by atoms with van der Waals surface area (Å²) >= 11 is 2.71. The normalized spacial score (nSPS) is 11.7. The van der Waals surface area contributed by atoms with Crippen molar-refractivity contribution in [3.63, 3.8) is 0 Å². The van der Waals surface area contributed by atoms with Crippen LogP contribution in [0.4, 0.5) is 0 Å². The van der Waals surface area contributed by atoms with Crippen molar-refractivity contribution in [3.05, 3.63) is 33.4 Å². The first-order valence-electron chi connectivity index (χ1n) is 7.60. The van der Waals surface area contributed by atoms with Crippen LogP contribution in [0.2, 0.25) is 0 Å². The van der Waals surface area contributed by atoms with Gasteiger partial charge >= 0.3 is 5.97 Å². The Bertz CT molecular complexity index is 844. The van der Waals surface area contributed by atoms with Gasteiger partial charge in [0.2, 0.25) is 0 Å². The Balaban J connectivity index is 2.38. The molecule has 0 saturated heterocycles. The molecule has 0 aromatic carbocycles. The number of allylic oxidation sites excluding steroid dienone is 1. The molecule has 0 N–H and O–H groups in total. The quantitative estimate of drug-likeness (QED) is 0.349. The minimum absolute atomic E-state index is 0.0894. The van der Waals surface area contributed by atoms with Crippen molar-refractivity contribution in [2.24, 2.45) is 0 Å². The molecule has 0 radical (unpaired) electrons. The van der Waals surface area contributed by atoms with E-state index in [0.717, 1.165) is 10.4 Å². The minimum Gasteiger partial charge on any atom is -0.459 e. The van der Waals surface area contributed by atoms with Crippen molar-refractivity contribution in [1.82, 2.24) is 9.55 Å². The van der Waals surface area contributed by atoms with Crippen LogP contribution in [0, 0.1) is 13.8 Å². The van der Waals surface area contributed by atoms with Gasteiger partial charge in [-0.1, -0.05) is 17.8 Å². The van der Waals surface area contributed by atoms with Gasteiger partial charge in [0, 0.05) is 11.4 Å². The number of nitrogens with zero attached hydrogens (tertiary/aromatic N) is 2. The van der Waals surface area contributed by atoms with Gasteiger partial charge in [0.1, 0.15) is 10.4 Å². The predicted molar refractivity (Wildman–Crippen MR) is 100 cm³/mol. The maximum Gasteiger partial charge on any atom is 0.316 e. The molecular weight excluding hydrogens is 344 g/mol. The molecule has 2 rings (SSSR count). The first-order valence-corrected chi connectivity index (χ1v) is 9.40. The van der Waals surface area contributed by atoms with Gasteiger partial charge in [-0.05, 0) is 40.2 Å². The van der Waals surface area contributed by atoms with E-state index in [9.17, 15) is 9.59 Å². The van der Waals surface area contributed by atoms with Gasteiger partial charge in [-0.25, -0.2) is 4.98 Å². The van der Waals surface area contributed by atoms with E-state index in [2.05, 4.69) is 11.6 Å². The Hall–Kier alpha value is -1.60. The zero-order chi connectivity index (χ0) is 18.1. The van der Waals surface area contributed by atoms with E-state index in [-0.39, 0.29) is 17.3 Å². The Kier molecular flexibility index (Phi) is 5.55. The van der Waals surface area contributed by atoms with Gasteiger partial charge < -0.3 is 4.74 Å². The number of aromatic nitrogens is 2. The average molecular weight is 367 g/mol. The second kappa shape index (κ2) is 7.11. The van der Waals surface area contributed by atoms with Crippen molar-refractivity contribution in [1.29, 1.82) is 0 Å². The highest BCUT2D eigenvalue weighted by Gasteiger charge is 2.19. The van der Waals surface area contributed by atoms with Crippen LogP contribution < -0.4 is 5.56 Å². The number of hydrogen-bond acceptors (Lipinski definition) is 6. The molecule has 0 aliphatic carbocycles. The van der Waals surface area contributed by atoms with Crippen LogP contribution in [-0.4, -0.2) is 26.9 Å².